The van der Waals surface area contributed by atoms with Gasteiger partial charge >= 0.3 is 0 Å². The summed E-state index contributed by atoms with van der Waals surface area (Å²) in [6.45, 7) is 0. The van der Waals surface area contributed by atoms with Gasteiger partial charge in [0.15, 0.2) is 0 Å². The third-order valence-corrected chi connectivity index (χ3v) is 2.44. The average Bonchev–Trinajstić information content (AvgIpc) is 2.31. The number of ether oxygens (including phenoxy) is 1. The Kier molecular flexibility index (Phi) is 3.17. The van der Waals surface area contributed by atoms with E-state index in [2.05, 4.69) is 27.4 Å². The van der Waals surface area contributed by atoms with E-state index in [4.69, 9.17) is 4.74 Å². The number of hydrogen-bond acceptors (Lipinski definition) is 4. The molecular formula is C11H15N3O. The summed E-state index contributed by atoms with van der Waals surface area (Å²) in [5, 5.41) is 3.30. The smallest absolute Gasteiger partial charge is 0.226 e. The second kappa shape index (κ2) is 4.77. The van der Waals surface area contributed by atoms with Crippen LogP contribution in [0.4, 0.5) is 5.95 Å². The molecule has 2 rings (SSSR count). The van der Waals surface area contributed by atoms with Gasteiger partial charge in [0.2, 0.25) is 11.8 Å². The van der Waals surface area contributed by atoms with Crippen molar-refractivity contribution in [3.8, 4) is 5.88 Å². The molecule has 1 aliphatic rings. The maximum Gasteiger partial charge on any atom is 0.226 e. The number of anilines is 1. The van der Waals surface area contributed by atoms with Crippen LogP contribution in [0, 0.1) is 0 Å². The molecule has 0 amide bonds. The Morgan fingerprint density at radius 2 is 2.40 bits per heavy atom. The van der Waals surface area contributed by atoms with Crippen LogP contribution in [-0.4, -0.2) is 23.1 Å². The lowest BCUT2D eigenvalue weighted by molar-refractivity contribution is 0.397. The van der Waals surface area contributed by atoms with Crippen molar-refractivity contribution in [2.75, 3.05) is 12.4 Å². The molecule has 0 aliphatic heterocycles. The lowest BCUT2D eigenvalue weighted by Gasteiger charge is -2.19. The average molecular weight is 205 g/mol. The largest absolute Gasteiger partial charge is 0.481 e. The molecule has 1 heterocycles. The van der Waals surface area contributed by atoms with E-state index in [0.29, 0.717) is 17.9 Å². The van der Waals surface area contributed by atoms with Gasteiger partial charge in [-0.2, -0.15) is 4.98 Å². The first-order valence-electron chi connectivity index (χ1n) is 5.17. The van der Waals surface area contributed by atoms with E-state index >= 15 is 0 Å². The lowest BCUT2D eigenvalue weighted by atomic mass is 10.0. The Balaban J connectivity index is 2.00. The second-order valence-electron chi connectivity index (χ2n) is 3.55. The minimum Gasteiger partial charge on any atom is -0.481 e. The van der Waals surface area contributed by atoms with Crippen molar-refractivity contribution in [1.29, 1.82) is 0 Å². The van der Waals surface area contributed by atoms with Crippen molar-refractivity contribution < 1.29 is 4.74 Å². The molecule has 1 aliphatic carbocycles. The van der Waals surface area contributed by atoms with Gasteiger partial charge in [-0.05, 0) is 19.3 Å². The van der Waals surface area contributed by atoms with Crippen LogP contribution in [0.5, 0.6) is 5.88 Å². The van der Waals surface area contributed by atoms with Crippen LogP contribution in [-0.2, 0) is 0 Å². The number of nitrogens with one attached hydrogen (secondary N) is 1. The highest BCUT2D eigenvalue weighted by Gasteiger charge is 2.10. The highest BCUT2D eigenvalue weighted by molar-refractivity contribution is 5.29. The normalized spacial score (nSPS) is 19.9. The molecule has 80 valence electrons. The Morgan fingerprint density at radius 3 is 3.13 bits per heavy atom. The minimum absolute atomic E-state index is 0.446. The molecule has 0 saturated carbocycles. The summed E-state index contributed by atoms with van der Waals surface area (Å²) in [7, 11) is 1.61. The Hall–Kier alpha value is -1.58. The van der Waals surface area contributed by atoms with Crippen LogP contribution in [0.2, 0.25) is 0 Å². The van der Waals surface area contributed by atoms with Gasteiger partial charge in [-0.1, -0.05) is 12.2 Å². The molecule has 0 bridgehead atoms. The summed E-state index contributed by atoms with van der Waals surface area (Å²) in [4.78, 5) is 8.37. The minimum atomic E-state index is 0.446. The van der Waals surface area contributed by atoms with Gasteiger partial charge in [-0.15, -0.1) is 0 Å². The summed E-state index contributed by atoms with van der Waals surface area (Å²) < 4.78 is 5.04. The zero-order valence-corrected chi connectivity index (χ0v) is 8.81. The molecule has 0 radical (unpaired) electrons. The maximum absolute atomic E-state index is 5.04. The lowest BCUT2D eigenvalue weighted by Crippen LogP contribution is -2.21. The molecule has 0 saturated heterocycles. The third-order valence-electron chi connectivity index (χ3n) is 2.44. The number of allylic oxidation sites excluding steroid dienone is 1. The zero-order chi connectivity index (χ0) is 10.5. The van der Waals surface area contributed by atoms with Crippen molar-refractivity contribution >= 4 is 5.95 Å². The molecular weight excluding hydrogens is 190 g/mol. The number of methoxy groups -OCH3 is 1. The van der Waals surface area contributed by atoms with Crippen LogP contribution in [0.15, 0.2) is 24.4 Å². The van der Waals surface area contributed by atoms with E-state index in [1.54, 1.807) is 19.4 Å². The van der Waals surface area contributed by atoms with Crippen molar-refractivity contribution in [2.45, 2.75) is 25.3 Å². The molecule has 1 aromatic rings. The van der Waals surface area contributed by atoms with Gasteiger partial charge in [0.05, 0.1) is 7.11 Å². The molecule has 0 fully saturated rings. The maximum atomic E-state index is 5.04. The Bertz CT molecular complexity index is 351. The Morgan fingerprint density at radius 1 is 1.47 bits per heavy atom. The van der Waals surface area contributed by atoms with Crippen molar-refractivity contribution in [1.82, 2.24) is 9.97 Å². The van der Waals surface area contributed by atoms with Crippen LogP contribution in [0.3, 0.4) is 0 Å². The predicted molar refractivity (Wildman–Crippen MR) is 59.0 cm³/mol. The zero-order valence-electron chi connectivity index (χ0n) is 8.81. The first kappa shape index (κ1) is 9.96. The molecule has 1 atom stereocenters. The van der Waals surface area contributed by atoms with Crippen LogP contribution in [0.1, 0.15) is 19.3 Å². The molecule has 1 unspecified atom stereocenters. The second-order valence-corrected chi connectivity index (χ2v) is 3.55. The highest BCUT2D eigenvalue weighted by atomic mass is 16.5. The quantitative estimate of drug-likeness (QED) is 0.767. The summed E-state index contributed by atoms with van der Waals surface area (Å²) in [6, 6.07) is 2.19. The third kappa shape index (κ3) is 2.68. The number of hydrogen-bond donors (Lipinski definition) is 1. The fourth-order valence-electron chi connectivity index (χ4n) is 1.63. The SMILES string of the molecule is COc1ccnc(NC2CC=CCC2)n1. The molecule has 4 heteroatoms. The van der Waals surface area contributed by atoms with Gasteiger partial charge in [0.1, 0.15) is 0 Å². The van der Waals surface area contributed by atoms with Crippen molar-refractivity contribution in [3.63, 3.8) is 0 Å². The number of rotatable bonds is 3. The number of aromatic nitrogens is 2. The van der Waals surface area contributed by atoms with E-state index < -0.39 is 0 Å². The van der Waals surface area contributed by atoms with E-state index in [1.807, 2.05) is 0 Å². The summed E-state index contributed by atoms with van der Waals surface area (Å²) in [6.07, 6.45) is 9.41. The van der Waals surface area contributed by atoms with Crippen LogP contribution < -0.4 is 10.1 Å². The highest BCUT2D eigenvalue weighted by Crippen LogP contribution is 2.15. The Labute approximate surface area is 89.4 Å². The molecule has 4 nitrogen and oxygen atoms in total. The standard InChI is InChI=1S/C11H15N3O/c1-15-10-7-8-12-11(14-10)13-9-5-3-2-4-6-9/h2-3,7-9H,4-6H2,1H3,(H,12,13,14). The monoisotopic (exact) mass is 205 g/mol. The molecule has 15 heavy (non-hydrogen) atoms. The fraction of sp³-hybridized carbons (Fsp3) is 0.455. The van der Waals surface area contributed by atoms with Crippen molar-refractivity contribution in [3.05, 3.63) is 24.4 Å². The molecule has 1 N–H and O–H groups in total. The number of nitrogens with zero attached hydrogens (tertiary/aromatic N) is 2. The summed E-state index contributed by atoms with van der Waals surface area (Å²) in [5.74, 6) is 1.24. The topological polar surface area (TPSA) is 47.0 Å². The fourth-order valence-corrected chi connectivity index (χ4v) is 1.63. The van der Waals surface area contributed by atoms with Crippen molar-refractivity contribution in [2.24, 2.45) is 0 Å². The van der Waals surface area contributed by atoms with Crippen LogP contribution in [0.25, 0.3) is 0 Å². The first-order chi connectivity index (χ1) is 7.38. The molecule has 0 spiro atoms. The van der Waals surface area contributed by atoms with Crippen LogP contribution >= 0.6 is 0 Å². The molecule has 0 aromatic carbocycles. The van der Waals surface area contributed by atoms with Gasteiger partial charge in [0.25, 0.3) is 0 Å². The van der Waals surface area contributed by atoms with Gasteiger partial charge < -0.3 is 10.1 Å². The first-order valence-corrected chi connectivity index (χ1v) is 5.17. The molecule has 1 aromatic heterocycles. The van der Waals surface area contributed by atoms with E-state index in [9.17, 15) is 0 Å². The summed E-state index contributed by atoms with van der Waals surface area (Å²) >= 11 is 0. The van der Waals surface area contributed by atoms with E-state index in [0.717, 1.165) is 19.3 Å². The van der Waals surface area contributed by atoms with Gasteiger partial charge in [-0.25, -0.2) is 4.98 Å². The van der Waals surface area contributed by atoms with E-state index in [-0.39, 0.29) is 0 Å². The van der Waals surface area contributed by atoms with E-state index in [1.165, 1.54) is 0 Å². The summed E-state index contributed by atoms with van der Waals surface area (Å²) in [5.41, 5.74) is 0. The van der Waals surface area contributed by atoms with Gasteiger partial charge in [-0.3, -0.25) is 0 Å². The predicted octanol–water partition coefficient (Wildman–Crippen LogP) is 2.01. The van der Waals surface area contributed by atoms with Gasteiger partial charge in [0, 0.05) is 18.3 Å².